The highest BCUT2D eigenvalue weighted by Gasteiger charge is 2.38. The Labute approximate surface area is 226 Å². The van der Waals surface area contributed by atoms with Crippen LogP contribution in [0.4, 0.5) is 0 Å². The summed E-state index contributed by atoms with van der Waals surface area (Å²) in [7, 11) is -3.37. The van der Waals surface area contributed by atoms with E-state index < -0.39 is 21.5 Å². The zero-order valence-electron chi connectivity index (χ0n) is 23.2. The highest BCUT2D eigenvalue weighted by atomic mass is 32.2. The van der Waals surface area contributed by atoms with Crippen LogP contribution < -0.4 is 15.6 Å². The second kappa shape index (κ2) is 11.9. The van der Waals surface area contributed by atoms with Crippen LogP contribution in [0, 0.1) is 5.92 Å². The molecule has 1 saturated carbocycles. The van der Waals surface area contributed by atoms with Crippen molar-refractivity contribution < 1.29 is 18.0 Å². The molecule has 38 heavy (non-hydrogen) atoms. The maximum atomic E-state index is 13.8. The standard InChI is InChI=1S/C28H44N4O5S/c1-28(2,27(35)31-16-15-22(19-31)30-38(3,36)37)29-25(33)23-17-21-13-9-4-5-10-14-24(21)32(26(23)34)18-20-11-7-6-8-12-20/h17,20,22,30H,4-16,18-19H2,1-3H3,(H,29,33). The van der Waals surface area contributed by atoms with E-state index in [2.05, 4.69) is 10.0 Å². The fraction of sp³-hybridized carbons (Fsp3) is 0.750. The Morgan fingerprint density at radius 2 is 1.66 bits per heavy atom. The summed E-state index contributed by atoms with van der Waals surface area (Å²) < 4.78 is 27.6. The molecule has 2 heterocycles. The van der Waals surface area contributed by atoms with Crippen molar-refractivity contribution in [3.8, 4) is 0 Å². The molecule has 0 bridgehead atoms. The molecule has 0 aromatic carbocycles. The second-order valence-electron chi connectivity index (χ2n) is 12.1. The summed E-state index contributed by atoms with van der Waals surface area (Å²) in [6, 6.07) is 1.43. The van der Waals surface area contributed by atoms with Crippen LogP contribution in [0.25, 0.3) is 0 Å². The smallest absolute Gasteiger partial charge is 0.263 e. The monoisotopic (exact) mass is 548 g/mol. The molecule has 0 spiro atoms. The largest absolute Gasteiger partial charge is 0.339 e. The molecule has 1 aliphatic heterocycles. The zero-order chi connectivity index (χ0) is 27.5. The Morgan fingerprint density at radius 1 is 1.00 bits per heavy atom. The molecule has 1 aromatic heterocycles. The number of rotatable bonds is 7. The third-order valence-corrected chi connectivity index (χ3v) is 9.09. The molecule has 9 nitrogen and oxygen atoms in total. The van der Waals surface area contributed by atoms with Gasteiger partial charge >= 0.3 is 0 Å². The fourth-order valence-electron chi connectivity index (χ4n) is 6.36. The van der Waals surface area contributed by atoms with Gasteiger partial charge in [0.15, 0.2) is 0 Å². The highest BCUT2D eigenvalue weighted by Crippen LogP contribution is 2.27. The summed E-state index contributed by atoms with van der Waals surface area (Å²) in [5.74, 6) is -0.367. The molecule has 1 atom stereocenters. The lowest BCUT2D eigenvalue weighted by atomic mass is 9.88. The number of aryl methyl sites for hydroxylation is 1. The molecule has 2 aliphatic carbocycles. The maximum absolute atomic E-state index is 13.8. The third-order valence-electron chi connectivity index (χ3n) is 8.33. The summed E-state index contributed by atoms with van der Waals surface area (Å²) in [6.45, 7) is 4.58. The highest BCUT2D eigenvalue weighted by molar-refractivity contribution is 7.88. The van der Waals surface area contributed by atoms with Gasteiger partial charge in [0.25, 0.3) is 11.5 Å². The SMILES string of the molecule is CC(C)(NC(=O)c1cc2c(n(CC3CCCCC3)c1=O)CCCCCC2)C(=O)N1CCC(NS(C)(=O)=O)C1. The van der Waals surface area contributed by atoms with Crippen LogP contribution in [0.1, 0.15) is 99.7 Å². The van der Waals surface area contributed by atoms with Gasteiger partial charge in [0.1, 0.15) is 11.1 Å². The number of carbonyl (C=O) groups excluding carboxylic acids is 2. The van der Waals surface area contributed by atoms with Crippen molar-refractivity contribution >= 4 is 21.8 Å². The molecule has 1 aromatic rings. The summed E-state index contributed by atoms with van der Waals surface area (Å²) in [6.07, 6.45) is 13.6. The van der Waals surface area contributed by atoms with E-state index in [0.717, 1.165) is 68.9 Å². The lowest BCUT2D eigenvalue weighted by molar-refractivity contribution is -0.135. The Kier molecular flexibility index (Phi) is 9.02. The predicted octanol–water partition coefficient (Wildman–Crippen LogP) is 2.75. The number of pyridine rings is 1. The number of sulfonamides is 1. The summed E-state index contributed by atoms with van der Waals surface area (Å²) >= 11 is 0. The maximum Gasteiger partial charge on any atom is 0.263 e. The van der Waals surface area contributed by atoms with E-state index in [0.29, 0.717) is 25.4 Å². The van der Waals surface area contributed by atoms with E-state index in [9.17, 15) is 22.8 Å². The summed E-state index contributed by atoms with van der Waals surface area (Å²) in [5.41, 5.74) is 0.785. The Hall–Kier alpha value is -2.20. The number of nitrogens with one attached hydrogen (secondary N) is 2. The van der Waals surface area contributed by atoms with Crippen molar-refractivity contribution in [2.24, 2.45) is 5.92 Å². The fourth-order valence-corrected chi connectivity index (χ4v) is 7.16. The molecule has 2 fully saturated rings. The number of hydrogen-bond acceptors (Lipinski definition) is 5. The van der Waals surface area contributed by atoms with Crippen LogP contribution in [0.3, 0.4) is 0 Å². The number of aromatic nitrogens is 1. The van der Waals surface area contributed by atoms with Gasteiger partial charge in [-0.15, -0.1) is 0 Å². The molecule has 0 radical (unpaired) electrons. The van der Waals surface area contributed by atoms with E-state index in [4.69, 9.17) is 0 Å². The van der Waals surface area contributed by atoms with E-state index in [1.807, 2.05) is 4.57 Å². The van der Waals surface area contributed by atoms with E-state index in [1.54, 1.807) is 24.8 Å². The average Bonchev–Trinajstić information content (AvgIpc) is 3.28. The van der Waals surface area contributed by atoms with Gasteiger partial charge in [-0.2, -0.15) is 0 Å². The van der Waals surface area contributed by atoms with Gasteiger partial charge in [0.2, 0.25) is 15.9 Å². The number of nitrogens with zero attached hydrogens (tertiary/aromatic N) is 2. The third kappa shape index (κ3) is 7.05. The number of fused-ring (bicyclic) bond motifs is 1. The van der Waals surface area contributed by atoms with Gasteiger partial charge in [-0.1, -0.05) is 32.1 Å². The molecule has 10 heteroatoms. The van der Waals surface area contributed by atoms with Crippen molar-refractivity contribution in [2.75, 3.05) is 19.3 Å². The van der Waals surface area contributed by atoms with E-state index >= 15 is 0 Å². The first kappa shape index (κ1) is 28.8. The number of hydrogen-bond donors (Lipinski definition) is 2. The molecular weight excluding hydrogens is 504 g/mol. The van der Waals surface area contributed by atoms with Gasteiger partial charge < -0.3 is 14.8 Å². The molecule has 1 saturated heterocycles. The first-order valence-electron chi connectivity index (χ1n) is 14.3. The van der Waals surface area contributed by atoms with Crippen LogP contribution >= 0.6 is 0 Å². The zero-order valence-corrected chi connectivity index (χ0v) is 24.0. The topological polar surface area (TPSA) is 118 Å². The van der Waals surface area contributed by atoms with Gasteiger partial charge in [0.05, 0.1) is 6.26 Å². The first-order chi connectivity index (χ1) is 17.9. The molecule has 212 valence electrons. The van der Waals surface area contributed by atoms with Crippen LogP contribution in [-0.2, 0) is 34.2 Å². The second-order valence-corrected chi connectivity index (χ2v) is 13.8. The molecule has 4 rings (SSSR count). The molecule has 3 aliphatic rings. The van der Waals surface area contributed by atoms with Gasteiger partial charge in [-0.3, -0.25) is 14.4 Å². The molecular formula is C28H44N4O5S. The van der Waals surface area contributed by atoms with Crippen molar-refractivity contribution in [1.82, 2.24) is 19.5 Å². The minimum absolute atomic E-state index is 0.110. The van der Waals surface area contributed by atoms with E-state index in [-0.39, 0.29) is 29.6 Å². The van der Waals surface area contributed by atoms with Crippen LogP contribution in [0.15, 0.2) is 10.9 Å². The van der Waals surface area contributed by atoms with Crippen LogP contribution in [0.2, 0.25) is 0 Å². The van der Waals surface area contributed by atoms with Crippen LogP contribution in [0.5, 0.6) is 0 Å². The summed E-state index contributed by atoms with van der Waals surface area (Å²) in [4.78, 5) is 42.2. The van der Waals surface area contributed by atoms with E-state index in [1.165, 1.54) is 19.3 Å². The van der Waals surface area contributed by atoms with Gasteiger partial charge in [-0.05, 0) is 76.3 Å². The van der Waals surface area contributed by atoms with Crippen molar-refractivity contribution in [2.45, 2.75) is 109 Å². The quantitative estimate of drug-likeness (QED) is 0.543. The van der Waals surface area contributed by atoms with Crippen molar-refractivity contribution in [1.29, 1.82) is 0 Å². The molecule has 2 N–H and O–H groups in total. The Balaban J connectivity index is 1.56. The minimum Gasteiger partial charge on any atom is -0.339 e. The lowest BCUT2D eigenvalue weighted by Gasteiger charge is -2.31. The molecule has 1 unspecified atom stereocenters. The number of likely N-dealkylation sites (tertiary alicyclic amines) is 1. The normalized spacial score (nSPS) is 21.4. The predicted molar refractivity (Wildman–Crippen MR) is 148 cm³/mol. The van der Waals surface area contributed by atoms with Crippen molar-refractivity contribution in [3.63, 3.8) is 0 Å². The Morgan fingerprint density at radius 3 is 2.34 bits per heavy atom. The summed E-state index contributed by atoms with van der Waals surface area (Å²) in [5, 5.41) is 2.84. The van der Waals surface area contributed by atoms with Crippen LogP contribution in [-0.4, -0.2) is 60.6 Å². The average molecular weight is 549 g/mol. The number of amides is 2. The van der Waals surface area contributed by atoms with Crippen molar-refractivity contribution in [3.05, 3.63) is 33.2 Å². The number of carbonyl (C=O) groups is 2. The molecule has 2 amide bonds. The van der Waals surface area contributed by atoms with Gasteiger partial charge in [0, 0.05) is 31.4 Å². The van der Waals surface area contributed by atoms with Gasteiger partial charge in [-0.25, -0.2) is 13.1 Å². The Bertz CT molecular complexity index is 1200. The lowest BCUT2D eigenvalue weighted by Crippen LogP contribution is -2.56. The minimum atomic E-state index is -3.37. The first-order valence-corrected chi connectivity index (χ1v) is 16.2.